The van der Waals surface area contributed by atoms with Crippen molar-refractivity contribution in [1.29, 1.82) is 0 Å². The fraction of sp³-hybridized carbons (Fsp3) is 0.732. The molecule has 12 nitrogen and oxygen atoms in total. The molecule has 12 heteroatoms. The van der Waals surface area contributed by atoms with Gasteiger partial charge in [0.2, 0.25) is 0 Å². The summed E-state index contributed by atoms with van der Waals surface area (Å²) in [5, 5.41) is 26.6. The summed E-state index contributed by atoms with van der Waals surface area (Å²) in [4.78, 5) is 43.0. The van der Waals surface area contributed by atoms with Crippen LogP contribution in [0.2, 0.25) is 0 Å². The van der Waals surface area contributed by atoms with Gasteiger partial charge in [-0.2, -0.15) is 0 Å². The number of esters is 3. The quantitative estimate of drug-likeness (QED) is 0.0695. The summed E-state index contributed by atoms with van der Waals surface area (Å²) in [5.41, 5.74) is -0.0715. The van der Waals surface area contributed by atoms with Gasteiger partial charge in [-0.05, 0) is 155 Å². The number of nitrogens with one attached hydrogen (secondary N) is 4. The molecule has 380 valence electrons. The van der Waals surface area contributed by atoms with Crippen LogP contribution in [0, 0.1) is 47.3 Å². The molecule has 0 bridgehead atoms. The summed E-state index contributed by atoms with van der Waals surface area (Å²) >= 11 is 0. The van der Waals surface area contributed by atoms with Crippen molar-refractivity contribution < 1.29 is 38.4 Å². The van der Waals surface area contributed by atoms with Gasteiger partial charge in [-0.15, -0.1) is 0 Å². The lowest BCUT2D eigenvalue weighted by Gasteiger charge is -2.44. The molecule has 6 rings (SSSR count). The molecule has 0 aromatic heterocycles. The molecule has 0 amide bonds. The number of rotatable bonds is 14. The van der Waals surface area contributed by atoms with E-state index in [2.05, 4.69) is 132 Å². The molecule has 4 fully saturated rings. The third-order valence-electron chi connectivity index (χ3n) is 15.2. The fourth-order valence-electron chi connectivity index (χ4n) is 11.6. The summed E-state index contributed by atoms with van der Waals surface area (Å²) in [7, 11) is 0. The Bertz CT molecular complexity index is 2090. The molecule has 0 saturated carbocycles. The summed E-state index contributed by atoms with van der Waals surface area (Å²) < 4.78 is 25.5. The first-order chi connectivity index (χ1) is 31.5. The maximum atomic E-state index is 14.5. The number of benzene rings is 2. The molecule has 4 heterocycles. The van der Waals surface area contributed by atoms with Crippen LogP contribution in [-0.4, -0.2) is 75.6 Å². The number of aliphatic hydroxyl groups excluding tert-OH is 1. The predicted octanol–water partition coefficient (Wildman–Crippen LogP) is 9.98. The van der Waals surface area contributed by atoms with Gasteiger partial charge in [-0.25, -0.2) is 0 Å². The van der Waals surface area contributed by atoms with E-state index in [4.69, 9.17) is 18.9 Å². The minimum absolute atomic E-state index is 0.114. The standard InChI is InChI=1S/C56H88N4O8/c1-31(2)43-21-35(27-53(9,10)57-43)49(61)65-39-17-19-41(47(25-39)67-51(63)37-23-45(33(5)6)59-55(13,14)29-37)42-20-18-40(66-50(62)36-22-44(32(3)4)58-54(11,12)28-36)26-48(42)68-52(64)38-24-46(34(7)8)60-56(15,16)30-38/h17-20,25-26,31-38,43-46,49,57-61H,21-24,27-30H2,1-16H3. The van der Waals surface area contributed by atoms with Gasteiger partial charge in [0.15, 0.2) is 6.29 Å². The highest BCUT2D eigenvalue weighted by Gasteiger charge is 2.43. The molecule has 4 saturated heterocycles. The molecule has 9 atom stereocenters. The Kier molecular flexibility index (Phi) is 16.6. The predicted molar refractivity (Wildman–Crippen MR) is 270 cm³/mol. The normalized spacial score (nSPS) is 29.4. The molecule has 68 heavy (non-hydrogen) atoms. The molecule has 0 radical (unpaired) electrons. The van der Waals surface area contributed by atoms with Gasteiger partial charge >= 0.3 is 17.9 Å². The van der Waals surface area contributed by atoms with E-state index < -0.39 is 18.1 Å². The highest BCUT2D eigenvalue weighted by Crippen LogP contribution is 2.44. The van der Waals surface area contributed by atoms with Crippen molar-refractivity contribution in [3.8, 4) is 34.1 Å². The Balaban J connectivity index is 1.40. The smallest absolute Gasteiger partial charge is 0.314 e. The molecule has 2 aromatic carbocycles. The van der Waals surface area contributed by atoms with E-state index in [0.717, 1.165) is 6.42 Å². The monoisotopic (exact) mass is 945 g/mol. The topological polar surface area (TPSA) is 156 Å². The molecular formula is C56H88N4O8. The Morgan fingerprint density at radius 1 is 0.485 bits per heavy atom. The number of ether oxygens (including phenoxy) is 4. The lowest BCUT2D eigenvalue weighted by atomic mass is 9.78. The van der Waals surface area contributed by atoms with Crippen LogP contribution in [-0.2, 0) is 14.4 Å². The van der Waals surface area contributed by atoms with Gasteiger partial charge in [0.1, 0.15) is 23.0 Å². The lowest BCUT2D eigenvalue weighted by Crippen LogP contribution is -2.56. The molecule has 2 aromatic rings. The first-order valence-electron chi connectivity index (χ1n) is 25.9. The van der Waals surface area contributed by atoms with E-state index >= 15 is 0 Å². The number of hydrogen-bond donors (Lipinski definition) is 5. The Morgan fingerprint density at radius 2 is 0.809 bits per heavy atom. The number of aliphatic hydroxyl groups is 1. The Labute approximate surface area is 408 Å². The largest absolute Gasteiger partial charge is 0.465 e. The third kappa shape index (κ3) is 13.9. The van der Waals surface area contributed by atoms with Gasteiger partial charge in [0.05, 0.1) is 17.8 Å². The van der Waals surface area contributed by atoms with Crippen LogP contribution in [0.25, 0.3) is 11.1 Å². The fourth-order valence-corrected chi connectivity index (χ4v) is 11.6. The molecule has 4 aliphatic heterocycles. The van der Waals surface area contributed by atoms with Gasteiger partial charge in [0, 0.05) is 75.5 Å². The van der Waals surface area contributed by atoms with Crippen LogP contribution in [0.1, 0.15) is 162 Å². The van der Waals surface area contributed by atoms with Crippen molar-refractivity contribution in [2.45, 2.75) is 215 Å². The van der Waals surface area contributed by atoms with Crippen LogP contribution in [0.5, 0.6) is 23.0 Å². The van der Waals surface area contributed by atoms with Crippen molar-refractivity contribution in [2.75, 3.05) is 0 Å². The number of piperidine rings is 4. The number of hydrogen-bond acceptors (Lipinski definition) is 12. The van der Waals surface area contributed by atoms with Gasteiger partial charge in [0.25, 0.3) is 0 Å². The molecule has 5 N–H and O–H groups in total. The summed E-state index contributed by atoms with van der Waals surface area (Å²) in [5.74, 6) is -0.0177. The van der Waals surface area contributed by atoms with Crippen molar-refractivity contribution >= 4 is 17.9 Å². The van der Waals surface area contributed by atoms with Crippen molar-refractivity contribution in [2.24, 2.45) is 47.3 Å². The average Bonchev–Trinajstić information content (AvgIpc) is 3.21. The first-order valence-corrected chi connectivity index (χ1v) is 25.9. The van der Waals surface area contributed by atoms with Crippen LogP contribution >= 0.6 is 0 Å². The van der Waals surface area contributed by atoms with E-state index in [9.17, 15) is 19.5 Å². The van der Waals surface area contributed by atoms with Gasteiger partial charge < -0.3 is 45.3 Å². The molecular weight excluding hydrogens is 857 g/mol. The number of carbonyl (C=O) groups is 3. The first kappa shape index (κ1) is 53.8. The number of carbonyl (C=O) groups excluding carboxylic acids is 3. The molecule has 0 aliphatic carbocycles. The van der Waals surface area contributed by atoms with Crippen molar-refractivity contribution in [3.63, 3.8) is 0 Å². The second-order valence-electron chi connectivity index (χ2n) is 25.2. The van der Waals surface area contributed by atoms with E-state index in [1.54, 1.807) is 36.4 Å². The Morgan fingerprint density at radius 3 is 1.19 bits per heavy atom. The highest BCUT2D eigenvalue weighted by atomic mass is 16.6. The van der Waals surface area contributed by atoms with Crippen molar-refractivity contribution in [3.05, 3.63) is 36.4 Å². The highest BCUT2D eigenvalue weighted by molar-refractivity contribution is 5.86. The van der Waals surface area contributed by atoms with Crippen molar-refractivity contribution in [1.82, 2.24) is 21.3 Å². The van der Waals surface area contributed by atoms with E-state index in [1.807, 2.05) is 0 Å². The Hall–Kier alpha value is -3.55. The maximum absolute atomic E-state index is 14.5. The zero-order valence-corrected chi connectivity index (χ0v) is 44.4. The van der Waals surface area contributed by atoms with E-state index in [-0.39, 0.29) is 93.3 Å². The maximum Gasteiger partial charge on any atom is 0.314 e. The lowest BCUT2D eigenvalue weighted by molar-refractivity contribution is -0.142. The van der Waals surface area contributed by atoms with Crippen LogP contribution < -0.4 is 40.2 Å². The van der Waals surface area contributed by atoms with E-state index in [1.165, 1.54) is 0 Å². The molecule has 9 unspecified atom stereocenters. The molecule has 4 aliphatic rings. The van der Waals surface area contributed by atoms with Crippen LogP contribution in [0.3, 0.4) is 0 Å². The summed E-state index contributed by atoms with van der Waals surface area (Å²) in [6, 6.07) is 10.9. The minimum atomic E-state index is -1.11. The van der Waals surface area contributed by atoms with Gasteiger partial charge in [-0.3, -0.25) is 14.4 Å². The minimum Gasteiger partial charge on any atom is -0.465 e. The average molecular weight is 945 g/mol. The SMILES string of the molecule is CC(C)C1CC(C(=O)Oc2ccc(-c3ccc(OC(O)C4CC(C(C)C)NC(C)(C)C4)cc3OC(=O)C3CC(C(C)C)NC(C)(C)C3)c(OC(=O)C3CC(C(C)C)NC(C)(C)C3)c2)CC(C)(C)N1. The third-order valence-corrected chi connectivity index (χ3v) is 15.2. The zero-order valence-electron chi connectivity index (χ0n) is 44.4. The second-order valence-corrected chi connectivity index (χ2v) is 25.2. The van der Waals surface area contributed by atoms with Crippen LogP contribution in [0.15, 0.2) is 36.4 Å². The van der Waals surface area contributed by atoms with Crippen LogP contribution in [0.4, 0.5) is 0 Å². The van der Waals surface area contributed by atoms with E-state index in [0.29, 0.717) is 85.5 Å². The summed E-state index contributed by atoms with van der Waals surface area (Å²) in [6.45, 7) is 34.3. The van der Waals surface area contributed by atoms with Gasteiger partial charge in [-0.1, -0.05) is 55.4 Å². The second kappa shape index (κ2) is 21.0. The summed E-state index contributed by atoms with van der Waals surface area (Å²) in [6.07, 6.45) is 4.01. The zero-order chi connectivity index (χ0) is 50.3. The molecule has 0 spiro atoms.